The Balaban J connectivity index is 2.42. The minimum atomic E-state index is -1.15. The molecule has 10 nitrogen and oxygen atoms in total. The van der Waals surface area contributed by atoms with Crippen LogP contribution in [0.1, 0.15) is 16.1 Å². The minimum Gasteiger partial charge on any atom is -0.478 e. The van der Waals surface area contributed by atoms with Crippen LogP contribution in [0.15, 0.2) is 12.5 Å². The molecule has 0 aliphatic rings. The first kappa shape index (κ1) is 11.6. The lowest BCUT2D eigenvalue weighted by Gasteiger charge is -2.00. The molecule has 0 atom stereocenters. The van der Waals surface area contributed by atoms with E-state index in [4.69, 9.17) is 5.11 Å². The van der Waals surface area contributed by atoms with Crippen LogP contribution in [0.2, 0.25) is 0 Å². The molecule has 2 rings (SSSR count). The van der Waals surface area contributed by atoms with Crippen LogP contribution in [0.5, 0.6) is 0 Å². The zero-order valence-electron chi connectivity index (χ0n) is 9.01. The number of carboxylic acids is 1. The predicted octanol–water partition coefficient (Wildman–Crippen LogP) is -0.0279. The molecule has 0 aromatic carbocycles. The number of hydrogen-bond acceptors (Lipinski definition) is 7. The van der Waals surface area contributed by atoms with E-state index >= 15 is 0 Å². The van der Waals surface area contributed by atoms with Crippen molar-refractivity contribution in [3.63, 3.8) is 0 Å². The van der Waals surface area contributed by atoms with Gasteiger partial charge in [-0.3, -0.25) is 0 Å². The first-order valence-corrected chi connectivity index (χ1v) is 4.62. The molecule has 0 fully saturated rings. The highest BCUT2D eigenvalue weighted by Gasteiger charge is 2.17. The van der Waals surface area contributed by atoms with Gasteiger partial charge in [0.2, 0.25) is 6.33 Å². The molecule has 1 N–H and O–H groups in total. The maximum atomic E-state index is 10.8. The SMILES string of the molecule is Cc1nc(-n2cnc([N+](=O)[O-])n2)ncc1C(=O)O. The third kappa shape index (κ3) is 1.98. The summed E-state index contributed by atoms with van der Waals surface area (Å²) in [6.07, 6.45) is 2.18. The maximum absolute atomic E-state index is 10.8. The Bertz CT molecular complexity index is 636. The Hall–Kier alpha value is -2.91. The summed E-state index contributed by atoms with van der Waals surface area (Å²) in [4.78, 5) is 31.5. The molecular formula is C8H6N6O4. The molecule has 0 amide bonds. The third-order valence-corrected chi connectivity index (χ3v) is 2.04. The average Bonchev–Trinajstić information content (AvgIpc) is 2.77. The summed E-state index contributed by atoms with van der Waals surface area (Å²) in [6, 6.07) is 0. The van der Waals surface area contributed by atoms with Gasteiger partial charge in [0.15, 0.2) is 0 Å². The number of nitrogens with zero attached hydrogens (tertiary/aromatic N) is 6. The molecule has 0 unspecified atom stereocenters. The van der Waals surface area contributed by atoms with Crippen molar-refractivity contribution < 1.29 is 14.8 Å². The van der Waals surface area contributed by atoms with Crippen molar-refractivity contribution in [3.8, 4) is 5.95 Å². The molecular weight excluding hydrogens is 244 g/mol. The van der Waals surface area contributed by atoms with Crippen LogP contribution < -0.4 is 0 Å². The van der Waals surface area contributed by atoms with E-state index in [1.165, 1.54) is 6.92 Å². The van der Waals surface area contributed by atoms with Crippen LogP contribution in [-0.2, 0) is 0 Å². The van der Waals surface area contributed by atoms with E-state index in [0.29, 0.717) is 0 Å². The lowest BCUT2D eigenvalue weighted by atomic mass is 10.2. The molecule has 0 bridgehead atoms. The second kappa shape index (κ2) is 4.16. The summed E-state index contributed by atoms with van der Waals surface area (Å²) < 4.78 is 0.997. The fraction of sp³-hybridized carbons (Fsp3) is 0.125. The molecule has 2 heterocycles. The minimum absolute atomic E-state index is 0.0121. The molecule has 0 aliphatic heterocycles. The van der Waals surface area contributed by atoms with Gasteiger partial charge in [0.05, 0.1) is 11.3 Å². The molecule has 0 saturated carbocycles. The van der Waals surface area contributed by atoms with E-state index in [0.717, 1.165) is 17.2 Å². The topological polar surface area (TPSA) is 137 Å². The quantitative estimate of drug-likeness (QED) is 0.592. The highest BCUT2D eigenvalue weighted by molar-refractivity contribution is 5.88. The number of hydrogen-bond donors (Lipinski definition) is 1. The second-order valence-electron chi connectivity index (χ2n) is 3.22. The number of aromatic carboxylic acids is 1. The van der Waals surface area contributed by atoms with E-state index < -0.39 is 16.8 Å². The van der Waals surface area contributed by atoms with E-state index in [2.05, 4.69) is 20.1 Å². The number of rotatable bonds is 3. The monoisotopic (exact) mass is 250 g/mol. The Morgan fingerprint density at radius 3 is 2.72 bits per heavy atom. The van der Waals surface area contributed by atoms with Crippen LogP contribution in [0, 0.1) is 17.0 Å². The standard InChI is InChI=1S/C8H6N6O4/c1-4-5(6(15)16)2-9-7(11-4)13-3-10-8(12-13)14(17)18/h2-3H,1H3,(H,15,16). The van der Waals surface area contributed by atoms with Gasteiger partial charge in [0.1, 0.15) is 0 Å². The van der Waals surface area contributed by atoms with Gasteiger partial charge in [-0.2, -0.15) is 0 Å². The summed E-state index contributed by atoms with van der Waals surface area (Å²) in [5.41, 5.74) is 0.180. The number of aromatic nitrogens is 5. The van der Waals surface area contributed by atoms with Crippen molar-refractivity contribution in [1.29, 1.82) is 0 Å². The zero-order valence-corrected chi connectivity index (χ0v) is 9.01. The Labute approximate surface area is 99.1 Å². The molecule has 10 heteroatoms. The normalized spacial score (nSPS) is 10.3. The van der Waals surface area contributed by atoms with Crippen molar-refractivity contribution in [2.45, 2.75) is 6.92 Å². The molecule has 0 radical (unpaired) electrons. The van der Waals surface area contributed by atoms with Gasteiger partial charge in [-0.1, -0.05) is 4.98 Å². The highest BCUT2D eigenvalue weighted by Crippen LogP contribution is 2.08. The van der Waals surface area contributed by atoms with Gasteiger partial charge < -0.3 is 15.2 Å². The van der Waals surface area contributed by atoms with E-state index in [9.17, 15) is 14.9 Å². The Morgan fingerprint density at radius 2 is 2.22 bits per heavy atom. The number of nitro groups is 1. The van der Waals surface area contributed by atoms with Gasteiger partial charge in [-0.05, 0) is 11.8 Å². The number of aryl methyl sites for hydroxylation is 1. The van der Waals surface area contributed by atoms with Crippen molar-refractivity contribution in [1.82, 2.24) is 24.7 Å². The first-order chi connectivity index (χ1) is 8.49. The summed E-state index contributed by atoms with van der Waals surface area (Å²) in [5, 5.41) is 22.7. The van der Waals surface area contributed by atoms with Gasteiger partial charge in [0, 0.05) is 11.3 Å². The molecule has 2 aromatic rings. The first-order valence-electron chi connectivity index (χ1n) is 4.62. The molecule has 18 heavy (non-hydrogen) atoms. The van der Waals surface area contributed by atoms with Gasteiger partial charge >= 0.3 is 11.9 Å². The summed E-state index contributed by atoms with van der Waals surface area (Å²) in [7, 11) is 0. The average molecular weight is 250 g/mol. The Kier molecular flexibility index (Phi) is 2.67. The van der Waals surface area contributed by atoms with Crippen molar-refractivity contribution in [2.24, 2.45) is 0 Å². The molecule has 0 saturated heterocycles. The maximum Gasteiger partial charge on any atom is 0.491 e. The van der Waals surface area contributed by atoms with Crippen LogP contribution in [0.4, 0.5) is 5.95 Å². The zero-order chi connectivity index (χ0) is 13.3. The molecule has 0 aliphatic carbocycles. The van der Waals surface area contributed by atoms with E-state index in [-0.39, 0.29) is 17.2 Å². The predicted molar refractivity (Wildman–Crippen MR) is 55.3 cm³/mol. The van der Waals surface area contributed by atoms with Crippen molar-refractivity contribution >= 4 is 11.9 Å². The van der Waals surface area contributed by atoms with Crippen LogP contribution in [0.3, 0.4) is 0 Å². The van der Waals surface area contributed by atoms with Gasteiger partial charge in [0.25, 0.3) is 5.95 Å². The molecule has 2 aromatic heterocycles. The summed E-state index contributed by atoms with van der Waals surface area (Å²) in [5.74, 6) is -1.72. The smallest absolute Gasteiger partial charge is 0.478 e. The fourth-order valence-corrected chi connectivity index (χ4v) is 1.21. The summed E-state index contributed by atoms with van der Waals surface area (Å²) >= 11 is 0. The summed E-state index contributed by atoms with van der Waals surface area (Å²) in [6.45, 7) is 1.49. The van der Waals surface area contributed by atoms with Crippen molar-refractivity contribution in [3.05, 3.63) is 33.9 Å². The highest BCUT2D eigenvalue weighted by atomic mass is 16.6. The lowest BCUT2D eigenvalue weighted by Crippen LogP contribution is -2.08. The van der Waals surface area contributed by atoms with Crippen LogP contribution in [0.25, 0.3) is 5.95 Å². The van der Waals surface area contributed by atoms with Crippen LogP contribution in [-0.4, -0.2) is 40.7 Å². The van der Waals surface area contributed by atoms with E-state index in [1.54, 1.807) is 0 Å². The number of carboxylic acid groups (broad SMARTS) is 1. The fourth-order valence-electron chi connectivity index (χ4n) is 1.21. The number of carbonyl (C=O) groups is 1. The Morgan fingerprint density at radius 1 is 1.50 bits per heavy atom. The lowest BCUT2D eigenvalue weighted by molar-refractivity contribution is -0.394. The largest absolute Gasteiger partial charge is 0.491 e. The molecule has 92 valence electrons. The second-order valence-corrected chi connectivity index (χ2v) is 3.22. The van der Waals surface area contributed by atoms with Crippen LogP contribution >= 0.6 is 0 Å². The van der Waals surface area contributed by atoms with E-state index in [1.807, 2.05) is 0 Å². The van der Waals surface area contributed by atoms with Gasteiger partial charge in [-0.25, -0.2) is 14.8 Å². The van der Waals surface area contributed by atoms with Crippen molar-refractivity contribution in [2.75, 3.05) is 0 Å². The van der Waals surface area contributed by atoms with Gasteiger partial charge in [-0.15, -0.1) is 4.68 Å². The molecule has 0 spiro atoms. The third-order valence-electron chi connectivity index (χ3n) is 2.04.